The lowest BCUT2D eigenvalue weighted by molar-refractivity contribution is -0.143. The lowest BCUT2D eigenvalue weighted by Crippen LogP contribution is -2.06. The summed E-state index contributed by atoms with van der Waals surface area (Å²) in [6.45, 7) is 12.0. The Kier molecular flexibility index (Phi) is 15.4. The highest BCUT2D eigenvalue weighted by atomic mass is 16.5. The van der Waals surface area contributed by atoms with Gasteiger partial charge in [0.1, 0.15) is 0 Å². The first-order valence-electron chi connectivity index (χ1n) is 11.0. The van der Waals surface area contributed by atoms with Crippen molar-refractivity contribution in [2.45, 2.75) is 125 Å². The standard InChI is InChI=1S/C23H46O2/c1-21(2)17-13-10-8-6-7-9-11-16-20-25-22(24)18-14-12-15-19-23(3,4)5/h21H,6-20H2,1-5H3. The van der Waals surface area contributed by atoms with E-state index in [0.29, 0.717) is 18.4 Å². The van der Waals surface area contributed by atoms with E-state index in [0.717, 1.165) is 25.2 Å². The maximum Gasteiger partial charge on any atom is 0.305 e. The van der Waals surface area contributed by atoms with Gasteiger partial charge in [-0.25, -0.2) is 0 Å². The van der Waals surface area contributed by atoms with E-state index in [9.17, 15) is 4.79 Å². The van der Waals surface area contributed by atoms with Crippen LogP contribution in [0.25, 0.3) is 0 Å². The van der Waals surface area contributed by atoms with Crippen molar-refractivity contribution < 1.29 is 9.53 Å². The quantitative estimate of drug-likeness (QED) is 0.210. The highest BCUT2D eigenvalue weighted by Gasteiger charge is 2.09. The first-order chi connectivity index (χ1) is 11.8. The van der Waals surface area contributed by atoms with Crippen molar-refractivity contribution in [1.82, 2.24) is 0 Å². The van der Waals surface area contributed by atoms with Crippen LogP contribution in [-0.2, 0) is 9.53 Å². The van der Waals surface area contributed by atoms with Crippen molar-refractivity contribution in [3.8, 4) is 0 Å². The molecule has 0 bridgehead atoms. The van der Waals surface area contributed by atoms with Crippen LogP contribution in [0.2, 0.25) is 0 Å². The second-order valence-electron chi connectivity index (χ2n) is 9.35. The topological polar surface area (TPSA) is 26.3 Å². The minimum absolute atomic E-state index is 0.000844. The molecule has 0 aliphatic rings. The molecule has 0 amide bonds. The van der Waals surface area contributed by atoms with Gasteiger partial charge in [-0.1, -0.05) is 98.8 Å². The molecule has 2 heteroatoms. The molecule has 0 fully saturated rings. The van der Waals surface area contributed by atoms with E-state index in [1.54, 1.807) is 0 Å². The summed E-state index contributed by atoms with van der Waals surface area (Å²) in [7, 11) is 0. The van der Waals surface area contributed by atoms with Gasteiger partial charge in [0.2, 0.25) is 0 Å². The molecule has 0 radical (unpaired) electrons. The highest BCUT2D eigenvalue weighted by molar-refractivity contribution is 5.69. The minimum atomic E-state index is 0.000844. The van der Waals surface area contributed by atoms with Crippen molar-refractivity contribution in [3.63, 3.8) is 0 Å². The molecule has 0 unspecified atom stereocenters. The molecule has 0 aromatic heterocycles. The summed E-state index contributed by atoms with van der Waals surface area (Å²) in [5.41, 5.74) is 0.411. The Hall–Kier alpha value is -0.530. The van der Waals surface area contributed by atoms with Gasteiger partial charge in [0.25, 0.3) is 0 Å². The zero-order valence-corrected chi connectivity index (χ0v) is 18.0. The van der Waals surface area contributed by atoms with Crippen LogP contribution in [0.1, 0.15) is 125 Å². The second kappa shape index (κ2) is 15.7. The fourth-order valence-electron chi connectivity index (χ4n) is 3.07. The lowest BCUT2D eigenvalue weighted by Gasteiger charge is -2.17. The minimum Gasteiger partial charge on any atom is -0.466 e. The Labute approximate surface area is 158 Å². The predicted octanol–water partition coefficient (Wildman–Crippen LogP) is 7.69. The van der Waals surface area contributed by atoms with Crippen molar-refractivity contribution >= 4 is 5.97 Å². The van der Waals surface area contributed by atoms with Crippen LogP contribution in [0.4, 0.5) is 0 Å². The maximum atomic E-state index is 11.7. The van der Waals surface area contributed by atoms with Gasteiger partial charge in [-0.15, -0.1) is 0 Å². The number of ether oxygens (including phenoxy) is 1. The monoisotopic (exact) mass is 354 g/mol. The molecule has 0 aromatic carbocycles. The summed E-state index contributed by atoms with van der Waals surface area (Å²) >= 11 is 0. The molecule has 0 aliphatic carbocycles. The molecule has 0 heterocycles. The van der Waals surface area contributed by atoms with Crippen molar-refractivity contribution in [2.24, 2.45) is 11.3 Å². The Morgan fingerprint density at radius 3 is 1.84 bits per heavy atom. The molecule has 0 rings (SSSR count). The molecule has 0 saturated heterocycles. The summed E-state index contributed by atoms with van der Waals surface area (Å²) in [6, 6.07) is 0. The van der Waals surface area contributed by atoms with Crippen LogP contribution in [0.15, 0.2) is 0 Å². The van der Waals surface area contributed by atoms with Crippen LogP contribution in [0, 0.1) is 11.3 Å². The third kappa shape index (κ3) is 21.4. The Morgan fingerprint density at radius 2 is 1.28 bits per heavy atom. The van der Waals surface area contributed by atoms with E-state index in [2.05, 4.69) is 34.6 Å². The van der Waals surface area contributed by atoms with Crippen LogP contribution >= 0.6 is 0 Å². The van der Waals surface area contributed by atoms with E-state index >= 15 is 0 Å². The Morgan fingerprint density at radius 1 is 0.760 bits per heavy atom. The zero-order chi connectivity index (χ0) is 19.0. The van der Waals surface area contributed by atoms with Gasteiger partial charge in [-0.05, 0) is 30.6 Å². The fourth-order valence-corrected chi connectivity index (χ4v) is 3.07. The third-order valence-corrected chi connectivity index (χ3v) is 4.75. The summed E-state index contributed by atoms with van der Waals surface area (Å²) in [5, 5.41) is 0. The first-order valence-corrected chi connectivity index (χ1v) is 11.0. The fraction of sp³-hybridized carbons (Fsp3) is 0.957. The molecular weight excluding hydrogens is 308 g/mol. The number of hydrogen-bond donors (Lipinski definition) is 0. The van der Waals surface area contributed by atoms with Gasteiger partial charge < -0.3 is 4.74 Å². The predicted molar refractivity (Wildman–Crippen MR) is 110 cm³/mol. The Balaban J connectivity index is 3.22. The van der Waals surface area contributed by atoms with Crippen LogP contribution in [-0.4, -0.2) is 12.6 Å². The number of unbranched alkanes of at least 4 members (excludes halogenated alkanes) is 9. The molecule has 0 spiro atoms. The highest BCUT2D eigenvalue weighted by Crippen LogP contribution is 2.22. The summed E-state index contributed by atoms with van der Waals surface area (Å²) in [4.78, 5) is 11.7. The third-order valence-electron chi connectivity index (χ3n) is 4.75. The molecule has 0 atom stereocenters. The van der Waals surface area contributed by atoms with Gasteiger partial charge in [-0.3, -0.25) is 4.79 Å². The second-order valence-corrected chi connectivity index (χ2v) is 9.35. The number of rotatable bonds is 16. The van der Waals surface area contributed by atoms with Crippen LogP contribution < -0.4 is 0 Å². The number of esters is 1. The van der Waals surface area contributed by atoms with E-state index in [1.165, 1.54) is 64.2 Å². The maximum absolute atomic E-state index is 11.7. The summed E-state index contributed by atoms with van der Waals surface area (Å²) in [6.07, 6.45) is 16.9. The largest absolute Gasteiger partial charge is 0.466 e. The van der Waals surface area contributed by atoms with E-state index in [4.69, 9.17) is 4.74 Å². The Bertz CT molecular complexity index is 302. The van der Waals surface area contributed by atoms with E-state index in [-0.39, 0.29) is 5.97 Å². The van der Waals surface area contributed by atoms with Crippen molar-refractivity contribution in [2.75, 3.05) is 6.61 Å². The van der Waals surface area contributed by atoms with Crippen LogP contribution in [0.5, 0.6) is 0 Å². The number of carbonyl (C=O) groups is 1. The average molecular weight is 355 g/mol. The average Bonchev–Trinajstić information content (AvgIpc) is 2.50. The zero-order valence-electron chi connectivity index (χ0n) is 18.0. The van der Waals surface area contributed by atoms with Gasteiger partial charge in [0.05, 0.1) is 6.61 Å². The van der Waals surface area contributed by atoms with Crippen molar-refractivity contribution in [1.29, 1.82) is 0 Å². The van der Waals surface area contributed by atoms with Crippen LogP contribution in [0.3, 0.4) is 0 Å². The molecular formula is C23H46O2. The van der Waals surface area contributed by atoms with E-state index in [1.807, 2.05) is 0 Å². The first kappa shape index (κ1) is 24.5. The molecule has 0 aromatic rings. The van der Waals surface area contributed by atoms with Gasteiger partial charge in [-0.2, -0.15) is 0 Å². The van der Waals surface area contributed by atoms with Gasteiger partial charge >= 0.3 is 5.97 Å². The van der Waals surface area contributed by atoms with Gasteiger partial charge in [0, 0.05) is 6.42 Å². The van der Waals surface area contributed by atoms with Crippen molar-refractivity contribution in [3.05, 3.63) is 0 Å². The van der Waals surface area contributed by atoms with Gasteiger partial charge in [0.15, 0.2) is 0 Å². The molecule has 0 aliphatic heterocycles. The van der Waals surface area contributed by atoms with E-state index < -0.39 is 0 Å². The number of carbonyl (C=O) groups excluding carboxylic acids is 1. The molecule has 0 saturated carbocycles. The number of hydrogen-bond acceptors (Lipinski definition) is 2. The lowest BCUT2D eigenvalue weighted by atomic mass is 9.89. The summed E-state index contributed by atoms with van der Waals surface area (Å²) < 4.78 is 5.33. The summed E-state index contributed by atoms with van der Waals surface area (Å²) in [5.74, 6) is 0.854. The normalized spacial score (nSPS) is 11.9. The molecule has 150 valence electrons. The molecule has 0 N–H and O–H groups in total. The SMILES string of the molecule is CC(C)CCCCCCCCCCOC(=O)CCCCCC(C)(C)C. The smallest absolute Gasteiger partial charge is 0.305 e. The molecule has 2 nitrogen and oxygen atoms in total. The molecule has 25 heavy (non-hydrogen) atoms.